The summed E-state index contributed by atoms with van der Waals surface area (Å²) in [5.41, 5.74) is -0.852. The van der Waals surface area contributed by atoms with Crippen molar-refractivity contribution in [1.29, 1.82) is 0 Å². The van der Waals surface area contributed by atoms with Crippen LogP contribution in [0.2, 0.25) is 0 Å². The van der Waals surface area contributed by atoms with E-state index in [4.69, 9.17) is 24.4 Å². The Morgan fingerprint density at radius 3 is 2.67 bits per heavy atom. The van der Waals surface area contributed by atoms with Crippen LogP contribution in [0.15, 0.2) is 0 Å². The number of aliphatic hydroxyl groups excluding tert-OH is 1. The molecule has 0 radical (unpaired) electrons. The van der Waals surface area contributed by atoms with E-state index in [1.807, 2.05) is 0 Å². The molecule has 0 bridgehead atoms. The first-order valence-electron chi connectivity index (χ1n) is 3.92. The molecule has 2 rings (SSSR count). The Bertz CT molecular complexity index is 161. The second kappa shape index (κ2) is 2.93. The molecule has 2 fully saturated rings. The molecule has 0 spiro atoms. The van der Waals surface area contributed by atoms with Crippen LogP contribution in [-0.2, 0) is 14.2 Å². The summed E-state index contributed by atoms with van der Waals surface area (Å²) in [6, 6.07) is 0. The first-order valence-corrected chi connectivity index (χ1v) is 3.92. The van der Waals surface area contributed by atoms with E-state index in [1.165, 1.54) is 0 Å². The van der Waals surface area contributed by atoms with Gasteiger partial charge in [-0.2, -0.15) is 0 Å². The molecule has 2 aliphatic rings. The molecule has 5 heteroatoms. The summed E-state index contributed by atoms with van der Waals surface area (Å²) in [4.78, 5) is 0. The summed E-state index contributed by atoms with van der Waals surface area (Å²) >= 11 is 0. The highest BCUT2D eigenvalue weighted by Crippen LogP contribution is 2.30. The zero-order chi connectivity index (χ0) is 8.60. The van der Waals surface area contributed by atoms with Crippen molar-refractivity contribution in [2.75, 3.05) is 26.4 Å². The monoisotopic (exact) mass is 176 g/mol. The highest BCUT2D eigenvalue weighted by Gasteiger charge is 2.51. The van der Waals surface area contributed by atoms with Crippen LogP contribution in [0.4, 0.5) is 0 Å². The van der Waals surface area contributed by atoms with Crippen molar-refractivity contribution in [3.63, 3.8) is 0 Å². The van der Waals surface area contributed by atoms with Crippen LogP contribution in [0.25, 0.3) is 0 Å². The van der Waals surface area contributed by atoms with E-state index < -0.39 is 11.9 Å². The van der Waals surface area contributed by atoms with Gasteiger partial charge in [-0.05, 0) is 0 Å². The van der Waals surface area contributed by atoms with E-state index in [9.17, 15) is 0 Å². The van der Waals surface area contributed by atoms with Gasteiger partial charge in [0.1, 0.15) is 6.10 Å². The Labute approximate surface area is 69.8 Å². The van der Waals surface area contributed by atoms with Gasteiger partial charge in [0, 0.05) is 0 Å². The fourth-order valence-electron chi connectivity index (χ4n) is 0.927. The number of ether oxygens (including phenoxy) is 3. The van der Waals surface area contributed by atoms with Gasteiger partial charge in [-0.15, -0.1) is 0 Å². The SMILES string of the molecule is OC(O)C1(COCC2CO2)CO1. The normalized spacial score (nSPS) is 38.8. The lowest BCUT2D eigenvalue weighted by Gasteiger charge is -2.13. The Morgan fingerprint density at radius 2 is 2.25 bits per heavy atom. The van der Waals surface area contributed by atoms with E-state index in [1.54, 1.807) is 0 Å². The van der Waals surface area contributed by atoms with Crippen molar-refractivity contribution < 1.29 is 24.4 Å². The van der Waals surface area contributed by atoms with Gasteiger partial charge in [0.05, 0.1) is 26.4 Å². The number of aliphatic hydroxyl groups is 2. The molecule has 2 aliphatic heterocycles. The van der Waals surface area contributed by atoms with Crippen LogP contribution in [0.1, 0.15) is 0 Å². The first-order chi connectivity index (χ1) is 5.73. The molecule has 70 valence electrons. The predicted molar refractivity (Wildman–Crippen MR) is 37.5 cm³/mol. The third kappa shape index (κ3) is 1.75. The molecule has 2 unspecified atom stereocenters. The van der Waals surface area contributed by atoms with Crippen LogP contribution in [-0.4, -0.2) is 54.6 Å². The fourth-order valence-corrected chi connectivity index (χ4v) is 0.927. The van der Waals surface area contributed by atoms with Gasteiger partial charge >= 0.3 is 0 Å². The summed E-state index contributed by atoms with van der Waals surface area (Å²) in [5, 5.41) is 17.7. The largest absolute Gasteiger partial charge is 0.375 e. The smallest absolute Gasteiger partial charge is 0.186 e. The maximum absolute atomic E-state index is 8.84. The number of hydrogen-bond acceptors (Lipinski definition) is 5. The van der Waals surface area contributed by atoms with Crippen LogP contribution >= 0.6 is 0 Å². The molecule has 2 heterocycles. The van der Waals surface area contributed by atoms with E-state index in [0.29, 0.717) is 13.2 Å². The Hall–Kier alpha value is -0.200. The molecule has 2 atom stereocenters. The molecule has 0 saturated carbocycles. The van der Waals surface area contributed by atoms with Crippen LogP contribution in [0, 0.1) is 0 Å². The van der Waals surface area contributed by atoms with E-state index in [-0.39, 0.29) is 12.7 Å². The van der Waals surface area contributed by atoms with Gasteiger partial charge < -0.3 is 24.4 Å². The standard InChI is InChI=1S/C7H12O5/c8-6(9)7(4-12-7)3-10-1-5-2-11-5/h5-6,8-9H,1-4H2. The molecule has 0 aromatic carbocycles. The molecule has 2 N–H and O–H groups in total. The third-order valence-corrected chi connectivity index (χ3v) is 2.04. The van der Waals surface area contributed by atoms with E-state index in [0.717, 1.165) is 6.61 Å². The quantitative estimate of drug-likeness (QED) is 0.393. The Kier molecular flexibility index (Phi) is 2.05. The van der Waals surface area contributed by atoms with Gasteiger partial charge in [0.2, 0.25) is 0 Å². The summed E-state index contributed by atoms with van der Waals surface area (Å²) in [7, 11) is 0. The van der Waals surface area contributed by atoms with Gasteiger partial charge in [0.25, 0.3) is 0 Å². The van der Waals surface area contributed by atoms with Crippen LogP contribution in [0.3, 0.4) is 0 Å². The molecular weight excluding hydrogens is 164 g/mol. The maximum atomic E-state index is 8.84. The topological polar surface area (TPSA) is 74.8 Å². The molecule has 0 aromatic heterocycles. The van der Waals surface area contributed by atoms with Gasteiger partial charge in [-0.25, -0.2) is 0 Å². The third-order valence-electron chi connectivity index (χ3n) is 2.04. The van der Waals surface area contributed by atoms with Crippen molar-refractivity contribution in [3.8, 4) is 0 Å². The lowest BCUT2D eigenvalue weighted by Crippen LogP contribution is -2.34. The molecular formula is C7H12O5. The Balaban J connectivity index is 1.64. The number of rotatable bonds is 5. The molecule has 2 saturated heterocycles. The minimum Gasteiger partial charge on any atom is -0.375 e. The van der Waals surface area contributed by atoms with Crippen molar-refractivity contribution >= 4 is 0 Å². The average Bonchev–Trinajstić information content (AvgIpc) is 2.79. The first kappa shape index (κ1) is 8.40. The zero-order valence-corrected chi connectivity index (χ0v) is 6.60. The van der Waals surface area contributed by atoms with Crippen molar-refractivity contribution in [2.45, 2.75) is 18.0 Å². The summed E-state index contributed by atoms with van der Waals surface area (Å²) in [6.07, 6.45) is -1.24. The second-order valence-electron chi connectivity index (χ2n) is 3.20. The lowest BCUT2D eigenvalue weighted by atomic mass is 10.2. The molecule has 5 nitrogen and oxygen atoms in total. The maximum Gasteiger partial charge on any atom is 0.186 e. The van der Waals surface area contributed by atoms with Crippen molar-refractivity contribution in [2.24, 2.45) is 0 Å². The lowest BCUT2D eigenvalue weighted by molar-refractivity contribution is -0.117. The average molecular weight is 176 g/mol. The predicted octanol–water partition coefficient (Wildman–Crippen LogP) is -1.52. The van der Waals surface area contributed by atoms with Crippen LogP contribution < -0.4 is 0 Å². The highest BCUT2D eigenvalue weighted by atomic mass is 16.7. The van der Waals surface area contributed by atoms with Crippen LogP contribution in [0.5, 0.6) is 0 Å². The molecule has 0 aromatic rings. The van der Waals surface area contributed by atoms with E-state index in [2.05, 4.69) is 0 Å². The van der Waals surface area contributed by atoms with Crippen molar-refractivity contribution in [1.82, 2.24) is 0 Å². The zero-order valence-electron chi connectivity index (χ0n) is 6.60. The summed E-state index contributed by atoms with van der Waals surface area (Å²) in [6.45, 7) is 1.84. The van der Waals surface area contributed by atoms with Crippen molar-refractivity contribution in [3.05, 3.63) is 0 Å². The Morgan fingerprint density at radius 1 is 1.58 bits per heavy atom. The molecule has 0 aliphatic carbocycles. The number of hydrogen-bond donors (Lipinski definition) is 2. The summed E-state index contributed by atoms with van der Waals surface area (Å²) in [5.74, 6) is 0. The van der Waals surface area contributed by atoms with Gasteiger partial charge in [-0.3, -0.25) is 0 Å². The fraction of sp³-hybridized carbons (Fsp3) is 1.00. The summed E-state index contributed by atoms with van der Waals surface area (Å²) < 4.78 is 15.0. The minimum atomic E-state index is -1.45. The minimum absolute atomic E-state index is 0.205. The molecule has 12 heavy (non-hydrogen) atoms. The van der Waals surface area contributed by atoms with E-state index >= 15 is 0 Å². The number of epoxide rings is 2. The second-order valence-corrected chi connectivity index (χ2v) is 3.20. The molecule has 0 amide bonds. The van der Waals surface area contributed by atoms with Gasteiger partial charge in [-0.1, -0.05) is 0 Å². The highest BCUT2D eigenvalue weighted by molar-refractivity contribution is 4.94. The van der Waals surface area contributed by atoms with Gasteiger partial charge in [0.15, 0.2) is 11.9 Å².